The Morgan fingerprint density at radius 3 is 2.52 bits per heavy atom. The van der Waals surface area contributed by atoms with Crippen LogP contribution in [0.1, 0.15) is 12.5 Å². The first-order valence-corrected chi connectivity index (χ1v) is 7.53. The van der Waals surface area contributed by atoms with Gasteiger partial charge in [0.1, 0.15) is 0 Å². The summed E-state index contributed by atoms with van der Waals surface area (Å²) in [4.78, 5) is 17.1. The van der Waals surface area contributed by atoms with Crippen molar-refractivity contribution in [1.29, 1.82) is 0 Å². The number of amidine groups is 1. The Labute approximate surface area is 144 Å². The van der Waals surface area contributed by atoms with Gasteiger partial charge in [-0.3, -0.25) is 4.79 Å². The number of benzene rings is 2. The molecule has 120 valence electrons. The second-order valence-corrected chi connectivity index (χ2v) is 5.60. The molecule has 0 aliphatic heterocycles. The molecule has 0 saturated carbocycles. The zero-order valence-corrected chi connectivity index (χ0v) is 13.8. The van der Waals surface area contributed by atoms with Crippen LogP contribution in [-0.2, 0) is 9.63 Å². The second kappa shape index (κ2) is 7.85. The highest BCUT2D eigenvalue weighted by Crippen LogP contribution is 2.14. The Hall–Kier alpha value is -2.24. The summed E-state index contributed by atoms with van der Waals surface area (Å²) in [5, 5.41) is 7.58. The fourth-order valence-corrected chi connectivity index (χ4v) is 1.98. The number of nitrogens with zero attached hydrogens (tertiary/aromatic N) is 1. The second-order valence-electron chi connectivity index (χ2n) is 4.73. The largest absolute Gasteiger partial charge is 0.381 e. The lowest BCUT2D eigenvalue weighted by Crippen LogP contribution is -2.27. The van der Waals surface area contributed by atoms with Crippen LogP contribution in [-0.4, -0.2) is 17.8 Å². The predicted octanol–water partition coefficient (Wildman–Crippen LogP) is 3.66. The van der Waals surface area contributed by atoms with Crippen LogP contribution < -0.4 is 11.1 Å². The van der Waals surface area contributed by atoms with Gasteiger partial charge in [-0.15, -0.1) is 0 Å². The van der Waals surface area contributed by atoms with E-state index in [2.05, 4.69) is 10.5 Å². The maximum Gasteiger partial charge on any atom is 0.267 e. The molecule has 2 aromatic carbocycles. The molecule has 0 aliphatic rings. The van der Waals surface area contributed by atoms with Crippen LogP contribution >= 0.6 is 23.2 Å². The Morgan fingerprint density at radius 2 is 1.87 bits per heavy atom. The minimum Gasteiger partial charge on any atom is -0.381 e. The van der Waals surface area contributed by atoms with Crippen molar-refractivity contribution in [1.82, 2.24) is 0 Å². The molecule has 1 amide bonds. The minimum absolute atomic E-state index is 0.138. The Kier molecular flexibility index (Phi) is 5.84. The van der Waals surface area contributed by atoms with Gasteiger partial charge in [-0.1, -0.05) is 40.5 Å². The van der Waals surface area contributed by atoms with E-state index >= 15 is 0 Å². The summed E-state index contributed by atoms with van der Waals surface area (Å²) in [6.07, 6.45) is -0.816. The van der Waals surface area contributed by atoms with E-state index < -0.39 is 6.10 Å². The molecule has 0 bridgehead atoms. The first-order chi connectivity index (χ1) is 11.0. The lowest BCUT2D eigenvalue weighted by molar-refractivity contribution is -0.126. The molecule has 0 fully saturated rings. The molecule has 2 rings (SSSR count). The molecule has 7 heteroatoms. The van der Waals surface area contributed by atoms with Crippen LogP contribution in [0, 0.1) is 0 Å². The quantitative estimate of drug-likeness (QED) is 0.490. The topological polar surface area (TPSA) is 76.7 Å². The standard InChI is InChI=1S/C16H15Cl2N3O2/c1-10(16(22)20-14-7-5-12(17)6-8-14)23-21-15(19)11-3-2-4-13(18)9-11/h2-10H,1H3,(H2,19,21)(H,20,22). The highest BCUT2D eigenvalue weighted by atomic mass is 35.5. The molecule has 5 nitrogen and oxygen atoms in total. The fraction of sp³-hybridized carbons (Fsp3) is 0.125. The van der Waals surface area contributed by atoms with Crippen molar-refractivity contribution in [2.75, 3.05) is 5.32 Å². The third kappa shape index (κ3) is 5.16. The summed E-state index contributed by atoms with van der Waals surface area (Å²) < 4.78 is 0. The van der Waals surface area contributed by atoms with Gasteiger partial charge in [-0.25, -0.2) is 0 Å². The average molecular weight is 352 g/mol. The molecule has 0 aromatic heterocycles. The number of carbonyl (C=O) groups excluding carboxylic acids is 1. The van der Waals surface area contributed by atoms with Crippen LogP contribution in [0.5, 0.6) is 0 Å². The maximum absolute atomic E-state index is 12.0. The summed E-state index contributed by atoms with van der Waals surface area (Å²) in [5.74, 6) is -0.214. The molecule has 0 heterocycles. The van der Waals surface area contributed by atoms with Crippen molar-refractivity contribution in [3.05, 3.63) is 64.1 Å². The van der Waals surface area contributed by atoms with Crippen molar-refractivity contribution >= 4 is 40.6 Å². The molecular weight excluding hydrogens is 337 g/mol. The highest BCUT2D eigenvalue weighted by Gasteiger charge is 2.14. The van der Waals surface area contributed by atoms with Crippen LogP contribution in [0.15, 0.2) is 53.7 Å². The average Bonchev–Trinajstić information content (AvgIpc) is 2.54. The predicted molar refractivity (Wildman–Crippen MR) is 92.8 cm³/mol. The van der Waals surface area contributed by atoms with E-state index in [0.29, 0.717) is 21.3 Å². The summed E-state index contributed by atoms with van der Waals surface area (Å²) >= 11 is 11.7. The van der Waals surface area contributed by atoms with Gasteiger partial charge >= 0.3 is 0 Å². The lowest BCUT2D eigenvalue weighted by Gasteiger charge is -2.11. The van der Waals surface area contributed by atoms with Gasteiger partial charge in [0.05, 0.1) is 0 Å². The van der Waals surface area contributed by atoms with Crippen LogP contribution in [0.25, 0.3) is 0 Å². The molecule has 0 spiro atoms. The molecule has 0 radical (unpaired) electrons. The zero-order valence-electron chi connectivity index (χ0n) is 12.3. The number of rotatable bonds is 5. The van der Waals surface area contributed by atoms with E-state index in [-0.39, 0.29) is 11.7 Å². The zero-order chi connectivity index (χ0) is 16.8. The monoisotopic (exact) mass is 351 g/mol. The molecule has 0 saturated heterocycles. The van der Waals surface area contributed by atoms with Crippen molar-refractivity contribution in [3.63, 3.8) is 0 Å². The van der Waals surface area contributed by atoms with E-state index in [9.17, 15) is 4.79 Å². The van der Waals surface area contributed by atoms with Gasteiger partial charge in [-0.2, -0.15) is 0 Å². The summed E-state index contributed by atoms with van der Waals surface area (Å²) in [6.45, 7) is 1.57. The Bertz CT molecular complexity index is 718. The molecule has 1 unspecified atom stereocenters. The van der Waals surface area contributed by atoms with Gasteiger partial charge in [-0.05, 0) is 43.3 Å². The fourth-order valence-electron chi connectivity index (χ4n) is 1.66. The molecule has 0 aliphatic carbocycles. The van der Waals surface area contributed by atoms with Crippen molar-refractivity contribution < 1.29 is 9.63 Å². The van der Waals surface area contributed by atoms with Gasteiger partial charge < -0.3 is 15.9 Å². The van der Waals surface area contributed by atoms with Gasteiger partial charge in [0.15, 0.2) is 5.84 Å². The van der Waals surface area contributed by atoms with Crippen LogP contribution in [0.3, 0.4) is 0 Å². The van der Waals surface area contributed by atoms with Gasteiger partial charge in [0.25, 0.3) is 5.91 Å². The smallest absolute Gasteiger partial charge is 0.267 e. The number of anilines is 1. The summed E-state index contributed by atoms with van der Waals surface area (Å²) in [5.41, 5.74) is 7.03. The van der Waals surface area contributed by atoms with Crippen LogP contribution in [0.2, 0.25) is 10.0 Å². The summed E-state index contributed by atoms with van der Waals surface area (Å²) in [6, 6.07) is 13.6. The van der Waals surface area contributed by atoms with E-state index in [1.807, 2.05) is 0 Å². The number of nitrogens with two attached hydrogens (primary N) is 1. The Balaban J connectivity index is 1.95. The SMILES string of the molecule is CC(O/N=C(/N)c1cccc(Cl)c1)C(=O)Nc1ccc(Cl)cc1. The number of nitrogens with one attached hydrogen (secondary N) is 1. The number of hydrogen-bond acceptors (Lipinski definition) is 3. The van der Waals surface area contributed by atoms with Crippen molar-refractivity contribution in [2.24, 2.45) is 10.9 Å². The van der Waals surface area contributed by atoms with Crippen molar-refractivity contribution in [2.45, 2.75) is 13.0 Å². The number of hydrogen-bond donors (Lipinski definition) is 2. The molecule has 23 heavy (non-hydrogen) atoms. The Morgan fingerprint density at radius 1 is 1.17 bits per heavy atom. The molecule has 2 aromatic rings. The number of carbonyl (C=O) groups is 1. The third-order valence-electron chi connectivity index (χ3n) is 2.91. The number of oxime groups is 1. The van der Waals surface area contributed by atoms with Crippen molar-refractivity contribution in [3.8, 4) is 0 Å². The normalized spacial score (nSPS) is 12.6. The van der Waals surface area contributed by atoms with E-state index in [1.165, 1.54) is 0 Å². The molecule has 3 N–H and O–H groups in total. The van der Waals surface area contributed by atoms with E-state index in [0.717, 1.165) is 0 Å². The van der Waals surface area contributed by atoms with Gasteiger partial charge in [0, 0.05) is 21.3 Å². The third-order valence-corrected chi connectivity index (χ3v) is 3.40. The highest BCUT2D eigenvalue weighted by molar-refractivity contribution is 6.31. The maximum atomic E-state index is 12.0. The van der Waals surface area contributed by atoms with Crippen LogP contribution in [0.4, 0.5) is 5.69 Å². The lowest BCUT2D eigenvalue weighted by atomic mass is 10.2. The first-order valence-electron chi connectivity index (χ1n) is 6.77. The minimum atomic E-state index is -0.816. The molecular formula is C16H15Cl2N3O2. The van der Waals surface area contributed by atoms with Gasteiger partial charge in [0.2, 0.25) is 6.10 Å². The first kappa shape index (κ1) is 17.1. The van der Waals surface area contributed by atoms with E-state index in [4.69, 9.17) is 33.8 Å². The molecule has 1 atom stereocenters. The number of amides is 1. The number of halogens is 2. The summed E-state index contributed by atoms with van der Waals surface area (Å²) in [7, 11) is 0. The van der Waals surface area contributed by atoms with E-state index in [1.54, 1.807) is 55.5 Å².